The summed E-state index contributed by atoms with van der Waals surface area (Å²) in [5.41, 5.74) is 18.8. The molecule has 2 aromatic rings. The maximum Gasteiger partial charge on any atom is 0.416 e. The summed E-state index contributed by atoms with van der Waals surface area (Å²) < 4.78 is 38.6. The van der Waals surface area contributed by atoms with Crippen molar-refractivity contribution in [3.8, 4) is 0 Å². The highest BCUT2D eigenvalue weighted by Crippen LogP contribution is 2.37. The number of nitrogens with one attached hydrogen (secondary N) is 1. The Kier molecular flexibility index (Phi) is 6.79. The molecule has 0 saturated carbocycles. The van der Waals surface area contributed by atoms with Crippen LogP contribution in [0.5, 0.6) is 0 Å². The van der Waals surface area contributed by atoms with Gasteiger partial charge in [-0.3, -0.25) is 0 Å². The Morgan fingerprint density at radius 3 is 2.35 bits per heavy atom. The highest BCUT2D eigenvalue weighted by Gasteiger charge is 2.32. The van der Waals surface area contributed by atoms with Gasteiger partial charge in [0.15, 0.2) is 0 Å². The number of allylic oxidation sites excluding steroid dienone is 1. The largest absolute Gasteiger partial charge is 0.416 e. The molecule has 1 aromatic carbocycles. The van der Waals surface area contributed by atoms with E-state index in [1.807, 2.05) is 0 Å². The Morgan fingerprint density at radius 2 is 1.84 bits per heavy atom. The Bertz CT molecular complexity index is 933. The zero-order valence-electron chi connectivity index (χ0n) is 16.9. The molecular formula is C21H26F3N7. The van der Waals surface area contributed by atoms with E-state index in [1.54, 1.807) is 0 Å². The number of rotatable bonds is 6. The SMILES string of the molecule is N=C/C(=C\N)c1c(N)ncnc1N1CCC(C(CN)c2ccc(C(F)(F)F)cc2)CC1. The average Bonchev–Trinajstić information content (AvgIpc) is 2.76. The fourth-order valence-electron chi connectivity index (χ4n) is 4.14. The molecule has 0 spiro atoms. The second-order valence-electron chi connectivity index (χ2n) is 7.51. The molecule has 1 fully saturated rings. The van der Waals surface area contributed by atoms with Crippen LogP contribution in [0.1, 0.15) is 35.4 Å². The standard InChI is InChI=1S/C21H26F3N7/c22-21(23,24)16-3-1-13(2-4-16)17(11-27)14-5-7-31(8-6-14)20-18(15(9-25)10-26)19(28)29-12-30-20/h1-4,9-10,12,14,17,25H,5-8,11,26-27H2,(H2,28,29,30)/b15-10+,25-9?. The number of halogens is 3. The first-order chi connectivity index (χ1) is 14.8. The third-order valence-corrected chi connectivity index (χ3v) is 5.81. The van der Waals surface area contributed by atoms with Crippen LogP contribution in [-0.4, -0.2) is 35.8 Å². The van der Waals surface area contributed by atoms with Crippen molar-refractivity contribution in [2.45, 2.75) is 24.9 Å². The molecule has 2 heterocycles. The molecule has 7 nitrogen and oxygen atoms in total. The topological polar surface area (TPSA) is 131 Å². The van der Waals surface area contributed by atoms with Crippen LogP contribution in [0.15, 0.2) is 36.8 Å². The number of nitrogens with zero attached hydrogens (tertiary/aromatic N) is 3. The normalized spacial score (nSPS) is 16.9. The minimum absolute atomic E-state index is 0.0274. The van der Waals surface area contributed by atoms with Crippen LogP contribution in [0.4, 0.5) is 24.8 Å². The Balaban J connectivity index is 1.76. The van der Waals surface area contributed by atoms with Crippen molar-refractivity contribution in [3.05, 3.63) is 53.5 Å². The van der Waals surface area contributed by atoms with Crippen molar-refractivity contribution in [2.75, 3.05) is 30.3 Å². The lowest BCUT2D eigenvalue weighted by Crippen LogP contribution is -2.38. The average molecular weight is 433 g/mol. The van der Waals surface area contributed by atoms with Crippen molar-refractivity contribution in [3.63, 3.8) is 0 Å². The molecular weight excluding hydrogens is 407 g/mol. The van der Waals surface area contributed by atoms with Crippen molar-refractivity contribution in [2.24, 2.45) is 17.4 Å². The quantitative estimate of drug-likeness (QED) is 0.518. The lowest BCUT2D eigenvalue weighted by Gasteiger charge is -2.37. The number of piperidine rings is 1. The number of alkyl halides is 3. The second kappa shape index (κ2) is 9.34. The molecule has 10 heteroatoms. The van der Waals surface area contributed by atoms with Gasteiger partial charge < -0.3 is 27.5 Å². The maximum atomic E-state index is 12.9. The van der Waals surface area contributed by atoms with Crippen molar-refractivity contribution in [1.29, 1.82) is 5.41 Å². The molecule has 1 atom stereocenters. The molecule has 3 rings (SSSR count). The van der Waals surface area contributed by atoms with E-state index < -0.39 is 11.7 Å². The fraction of sp³-hybridized carbons (Fsp3) is 0.381. The number of nitrogen functional groups attached to an aromatic ring is 1. The first-order valence-corrected chi connectivity index (χ1v) is 9.95. The van der Waals surface area contributed by atoms with Gasteiger partial charge in [-0.1, -0.05) is 12.1 Å². The molecule has 166 valence electrons. The van der Waals surface area contributed by atoms with Crippen LogP contribution in [0.3, 0.4) is 0 Å². The van der Waals surface area contributed by atoms with Gasteiger partial charge >= 0.3 is 6.18 Å². The molecule has 1 aliphatic rings. The van der Waals surface area contributed by atoms with Gasteiger partial charge in [0.05, 0.1) is 11.1 Å². The molecule has 1 unspecified atom stereocenters. The highest BCUT2D eigenvalue weighted by molar-refractivity contribution is 6.12. The number of aromatic nitrogens is 2. The Hall–Kier alpha value is -3.14. The van der Waals surface area contributed by atoms with Gasteiger partial charge in [-0.05, 0) is 48.9 Å². The van der Waals surface area contributed by atoms with Crippen LogP contribution in [0.2, 0.25) is 0 Å². The van der Waals surface area contributed by atoms with Crippen LogP contribution in [-0.2, 0) is 6.18 Å². The summed E-state index contributed by atoms with van der Waals surface area (Å²) in [5.74, 6) is 1.07. The molecule has 31 heavy (non-hydrogen) atoms. The summed E-state index contributed by atoms with van der Waals surface area (Å²) >= 11 is 0. The third kappa shape index (κ3) is 4.79. The first kappa shape index (κ1) is 22.5. The van der Waals surface area contributed by atoms with E-state index in [-0.39, 0.29) is 17.7 Å². The smallest absolute Gasteiger partial charge is 0.404 e. The Morgan fingerprint density at radius 1 is 1.19 bits per heavy atom. The number of hydrogen-bond donors (Lipinski definition) is 4. The zero-order chi connectivity index (χ0) is 22.6. The van der Waals surface area contributed by atoms with Crippen LogP contribution < -0.4 is 22.1 Å². The molecule has 0 aliphatic carbocycles. The third-order valence-electron chi connectivity index (χ3n) is 5.81. The molecule has 0 bridgehead atoms. The number of nitrogens with two attached hydrogens (primary N) is 3. The molecule has 1 saturated heterocycles. The molecule has 7 N–H and O–H groups in total. The second-order valence-corrected chi connectivity index (χ2v) is 7.51. The van der Waals surface area contributed by atoms with E-state index in [4.69, 9.17) is 22.6 Å². The van der Waals surface area contributed by atoms with E-state index in [0.29, 0.717) is 36.6 Å². The van der Waals surface area contributed by atoms with Gasteiger partial charge in [-0.25, -0.2) is 9.97 Å². The summed E-state index contributed by atoms with van der Waals surface area (Å²) in [4.78, 5) is 10.4. The van der Waals surface area contributed by atoms with E-state index in [1.165, 1.54) is 24.7 Å². The monoisotopic (exact) mass is 433 g/mol. The predicted molar refractivity (Wildman–Crippen MR) is 116 cm³/mol. The van der Waals surface area contributed by atoms with Crippen molar-refractivity contribution >= 4 is 23.4 Å². The van der Waals surface area contributed by atoms with E-state index >= 15 is 0 Å². The van der Waals surface area contributed by atoms with Gasteiger partial charge in [0, 0.05) is 31.1 Å². The molecule has 1 aliphatic heterocycles. The van der Waals surface area contributed by atoms with Gasteiger partial charge in [-0.15, -0.1) is 0 Å². The number of benzene rings is 1. The minimum Gasteiger partial charge on any atom is -0.404 e. The number of anilines is 2. The summed E-state index contributed by atoms with van der Waals surface area (Å²) in [5, 5.41) is 7.58. The minimum atomic E-state index is -4.35. The first-order valence-electron chi connectivity index (χ1n) is 9.95. The lowest BCUT2D eigenvalue weighted by atomic mass is 9.80. The molecule has 0 amide bonds. The molecule has 1 aromatic heterocycles. The van der Waals surface area contributed by atoms with E-state index in [9.17, 15) is 13.2 Å². The fourth-order valence-corrected chi connectivity index (χ4v) is 4.14. The summed E-state index contributed by atoms with van der Waals surface area (Å²) in [6.45, 7) is 1.69. The van der Waals surface area contributed by atoms with E-state index in [0.717, 1.165) is 36.8 Å². The van der Waals surface area contributed by atoms with Crippen molar-refractivity contribution in [1.82, 2.24) is 9.97 Å². The van der Waals surface area contributed by atoms with Crippen LogP contribution >= 0.6 is 0 Å². The maximum absolute atomic E-state index is 12.9. The van der Waals surface area contributed by atoms with Gasteiger partial charge in [0.1, 0.15) is 18.0 Å². The van der Waals surface area contributed by atoms with Crippen LogP contribution in [0, 0.1) is 11.3 Å². The summed E-state index contributed by atoms with van der Waals surface area (Å²) in [6, 6.07) is 5.28. The number of hydrogen-bond acceptors (Lipinski definition) is 7. The molecule has 0 radical (unpaired) electrons. The Labute approximate surface area is 178 Å². The predicted octanol–water partition coefficient (Wildman–Crippen LogP) is 2.99. The zero-order valence-corrected chi connectivity index (χ0v) is 16.9. The summed E-state index contributed by atoms with van der Waals surface area (Å²) in [6.07, 6.45) is 1.01. The van der Waals surface area contributed by atoms with E-state index in [2.05, 4.69) is 14.9 Å². The van der Waals surface area contributed by atoms with Gasteiger partial charge in [0.25, 0.3) is 0 Å². The highest BCUT2D eigenvalue weighted by atomic mass is 19.4. The van der Waals surface area contributed by atoms with Gasteiger partial charge in [0.2, 0.25) is 0 Å². The van der Waals surface area contributed by atoms with Crippen LogP contribution in [0.25, 0.3) is 5.57 Å². The summed E-state index contributed by atoms with van der Waals surface area (Å²) in [7, 11) is 0. The van der Waals surface area contributed by atoms with Gasteiger partial charge in [-0.2, -0.15) is 13.2 Å². The lowest BCUT2D eigenvalue weighted by molar-refractivity contribution is -0.137. The van der Waals surface area contributed by atoms with Crippen molar-refractivity contribution < 1.29 is 13.2 Å².